The van der Waals surface area contributed by atoms with Gasteiger partial charge in [0.15, 0.2) is 0 Å². The van der Waals surface area contributed by atoms with Gasteiger partial charge in [0.05, 0.1) is 11.5 Å². The van der Waals surface area contributed by atoms with Crippen LogP contribution in [-0.2, 0) is 0 Å². The smallest absolute Gasteiger partial charge is 0.231 e. The molecule has 0 aliphatic heterocycles. The van der Waals surface area contributed by atoms with Gasteiger partial charge >= 0.3 is 0 Å². The van der Waals surface area contributed by atoms with Crippen molar-refractivity contribution in [1.29, 1.82) is 0 Å². The summed E-state index contributed by atoms with van der Waals surface area (Å²) in [6, 6.07) is 7.96. The Kier molecular flexibility index (Phi) is 3.00. The molecule has 21 heavy (non-hydrogen) atoms. The van der Waals surface area contributed by atoms with Gasteiger partial charge in [0.25, 0.3) is 0 Å². The Morgan fingerprint density at radius 1 is 1.14 bits per heavy atom. The topological polar surface area (TPSA) is 78.1 Å². The number of benzene rings is 1. The first-order valence-electron chi connectivity index (χ1n) is 7.39. The van der Waals surface area contributed by atoms with Crippen molar-refractivity contribution in [2.24, 2.45) is 5.73 Å². The molecule has 0 amide bonds. The molecule has 4 rings (SSSR count). The van der Waals surface area contributed by atoms with Gasteiger partial charge in [-0.15, -0.1) is 0 Å². The number of hydrogen-bond acceptors (Lipinski definition) is 5. The molecule has 0 bridgehead atoms. The lowest BCUT2D eigenvalue weighted by Gasteiger charge is -2.25. The molecule has 1 aromatic carbocycles. The van der Waals surface area contributed by atoms with Crippen LogP contribution in [0.4, 0.5) is 0 Å². The second kappa shape index (κ2) is 5.00. The summed E-state index contributed by atoms with van der Waals surface area (Å²) in [6.45, 7) is 0. The molecule has 2 unspecified atom stereocenters. The quantitative estimate of drug-likeness (QED) is 0.779. The summed E-state index contributed by atoms with van der Waals surface area (Å²) in [4.78, 5) is 4.56. The van der Waals surface area contributed by atoms with Crippen molar-refractivity contribution in [1.82, 2.24) is 10.1 Å². The lowest BCUT2D eigenvalue weighted by atomic mass is 9.85. The normalized spacial score (nSPS) is 22.7. The molecule has 1 aliphatic rings. The van der Waals surface area contributed by atoms with Crippen molar-refractivity contribution in [3.8, 4) is 11.4 Å². The van der Waals surface area contributed by atoms with E-state index in [9.17, 15) is 0 Å². The number of fused-ring (bicyclic) bond motifs is 1. The third-order valence-corrected chi connectivity index (χ3v) is 4.30. The Bertz CT molecular complexity index is 762. The van der Waals surface area contributed by atoms with Crippen molar-refractivity contribution in [3.63, 3.8) is 0 Å². The first-order valence-corrected chi connectivity index (χ1v) is 7.39. The van der Waals surface area contributed by atoms with Crippen LogP contribution in [0.25, 0.3) is 22.4 Å². The summed E-state index contributed by atoms with van der Waals surface area (Å²) >= 11 is 0. The highest BCUT2D eigenvalue weighted by molar-refractivity contribution is 5.91. The predicted octanol–water partition coefficient (Wildman–Crippen LogP) is 3.47. The average molecular weight is 283 g/mol. The van der Waals surface area contributed by atoms with Gasteiger partial charge in [-0.1, -0.05) is 36.2 Å². The van der Waals surface area contributed by atoms with Crippen molar-refractivity contribution in [3.05, 3.63) is 36.4 Å². The Labute approximate surface area is 122 Å². The number of furan rings is 1. The van der Waals surface area contributed by atoms with E-state index in [-0.39, 0.29) is 12.0 Å². The van der Waals surface area contributed by atoms with Gasteiger partial charge in [-0.2, -0.15) is 4.98 Å². The maximum atomic E-state index is 6.18. The maximum Gasteiger partial charge on any atom is 0.231 e. The minimum atomic E-state index is 0.119. The van der Waals surface area contributed by atoms with Crippen LogP contribution in [0.1, 0.15) is 37.5 Å². The van der Waals surface area contributed by atoms with Gasteiger partial charge in [0.1, 0.15) is 11.8 Å². The molecule has 1 saturated carbocycles. The molecular formula is C16H17N3O2. The molecule has 0 spiro atoms. The van der Waals surface area contributed by atoms with E-state index in [1.807, 2.05) is 24.3 Å². The summed E-state index contributed by atoms with van der Waals surface area (Å²) in [7, 11) is 0. The summed E-state index contributed by atoms with van der Waals surface area (Å²) in [6.07, 6.45) is 6.09. The molecule has 2 N–H and O–H groups in total. The van der Waals surface area contributed by atoms with Crippen molar-refractivity contribution >= 4 is 11.0 Å². The van der Waals surface area contributed by atoms with Crippen LogP contribution in [0.15, 0.2) is 39.5 Å². The van der Waals surface area contributed by atoms with Crippen molar-refractivity contribution in [2.75, 3.05) is 0 Å². The van der Waals surface area contributed by atoms with Crippen LogP contribution in [0.3, 0.4) is 0 Å². The monoisotopic (exact) mass is 283 g/mol. The second-order valence-electron chi connectivity index (χ2n) is 5.66. The number of hydrogen-bond donors (Lipinski definition) is 1. The van der Waals surface area contributed by atoms with Gasteiger partial charge in [0.2, 0.25) is 11.7 Å². The largest absolute Gasteiger partial charge is 0.464 e. The van der Waals surface area contributed by atoms with Crippen molar-refractivity contribution in [2.45, 2.75) is 37.6 Å². The van der Waals surface area contributed by atoms with E-state index in [2.05, 4.69) is 10.1 Å². The van der Waals surface area contributed by atoms with E-state index in [0.717, 1.165) is 29.4 Å². The van der Waals surface area contributed by atoms with Crippen LogP contribution in [0, 0.1) is 0 Å². The third-order valence-electron chi connectivity index (χ3n) is 4.30. The molecule has 2 atom stereocenters. The van der Waals surface area contributed by atoms with Crippen LogP contribution in [0.2, 0.25) is 0 Å². The zero-order valence-corrected chi connectivity index (χ0v) is 11.7. The summed E-state index contributed by atoms with van der Waals surface area (Å²) in [5, 5.41) is 5.11. The number of aromatic nitrogens is 2. The Balaban J connectivity index is 1.71. The van der Waals surface area contributed by atoms with Gasteiger partial charge < -0.3 is 14.7 Å². The number of nitrogens with two attached hydrogens (primary N) is 1. The Morgan fingerprint density at radius 3 is 2.90 bits per heavy atom. The number of rotatable bonds is 2. The van der Waals surface area contributed by atoms with E-state index in [4.69, 9.17) is 14.7 Å². The molecule has 108 valence electrons. The SMILES string of the molecule is NC1CCCCC1c1nc(-c2coc3ccccc23)no1. The fourth-order valence-electron chi connectivity index (χ4n) is 3.11. The van der Waals surface area contributed by atoms with Gasteiger partial charge in [0, 0.05) is 11.4 Å². The molecular weight excluding hydrogens is 266 g/mol. The first-order chi connectivity index (χ1) is 10.3. The molecule has 2 aromatic heterocycles. The molecule has 0 saturated heterocycles. The third kappa shape index (κ3) is 2.14. The van der Waals surface area contributed by atoms with Gasteiger partial charge in [-0.25, -0.2) is 0 Å². The minimum Gasteiger partial charge on any atom is -0.464 e. The van der Waals surface area contributed by atoms with Crippen LogP contribution >= 0.6 is 0 Å². The summed E-state index contributed by atoms with van der Waals surface area (Å²) < 4.78 is 11.0. The Morgan fingerprint density at radius 2 is 2.00 bits per heavy atom. The van der Waals surface area contributed by atoms with E-state index < -0.39 is 0 Å². The zero-order valence-electron chi connectivity index (χ0n) is 11.7. The molecule has 2 heterocycles. The van der Waals surface area contributed by atoms with E-state index in [1.165, 1.54) is 12.8 Å². The van der Waals surface area contributed by atoms with E-state index >= 15 is 0 Å². The van der Waals surface area contributed by atoms with Crippen molar-refractivity contribution < 1.29 is 8.94 Å². The van der Waals surface area contributed by atoms with Crippen LogP contribution < -0.4 is 5.73 Å². The zero-order chi connectivity index (χ0) is 14.2. The molecule has 5 heteroatoms. The van der Waals surface area contributed by atoms with E-state index in [1.54, 1.807) is 6.26 Å². The fraction of sp³-hybridized carbons (Fsp3) is 0.375. The highest BCUT2D eigenvalue weighted by Gasteiger charge is 2.28. The summed E-state index contributed by atoms with van der Waals surface area (Å²) in [5.74, 6) is 1.41. The number of nitrogens with zero attached hydrogens (tertiary/aromatic N) is 2. The average Bonchev–Trinajstić information content (AvgIpc) is 3.14. The standard InChI is InChI=1S/C16H17N3O2/c17-13-7-3-1-6-11(13)16-18-15(19-21-16)12-9-20-14-8-4-2-5-10(12)14/h2,4-5,8-9,11,13H,1,3,6-7,17H2. The molecule has 1 aliphatic carbocycles. The lowest BCUT2D eigenvalue weighted by molar-refractivity contribution is 0.290. The highest BCUT2D eigenvalue weighted by Crippen LogP contribution is 2.33. The second-order valence-corrected chi connectivity index (χ2v) is 5.66. The van der Waals surface area contributed by atoms with Gasteiger partial charge in [-0.3, -0.25) is 0 Å². The van der Waals surface area contributed by atoms with E-state index in [0.29, 0.717) is 11.7 Å². The predicted molar refractivity (Wildman–Crippen MR) is 78.7 cm³/mol. The van der Waals surface area contributed by atoms with Crippen LogP contribution in [0.5, 0.6) is 0 Å². The highest BCUT2D eigenvalue weighted by atomic mass is 16.5. The first kappa shape index (κ1) is 12.6. The fourth-order valence-corrected chi connectivity index (χ4v) is 3.11. The molecule has 5 nitrogen and oxygen atoms in total. The number of para-hydroxylation sites is 1. The Hall–Kier alpha value is -2.14. The lowest BCUT2D eigenvalue weighted by Crippen LogP contribution is -2.31. The minimum absolute atomic E-state index is 0.119. The molecule has 0 radical (unpaired) electrons. The van der Waals surface area contributed by atoms with Crippen LogP contribution in [-0.4, -0.2) is 16.2 Å². The van der Waals surface area contributed by atoms with Gasteiger partial charge in [-0.05, 0) is 18.9 Å². The molecule has 1 fully saturated rings. The maximum absolute atomic E-state index is 6.18. The summed E-state index contributed by atoms with van der Waals surface area (Å²) in [5.41, 5.74) is 7.88. The molecule has 3 aromatic rings.